The van der Waals surface area contributed by atoms with Crippen LogP contribution in [0, 0.1) is 12.8 Å². The highest BCUT2D eigenvalue weighted by molar-refractivity contribution is 5.93. The summed E-state index contributed by atoms with van der Waals surface area (Å²) < 4.78 is 7.65. The van der Waals surface area contributed by atoms with Gasteiger partial charge in [-0.3, -0.25) is 9.89 Å². The van der Waals surface area contributed by atoms with Gasteiger partial charge >= 0.3 is 0 Å². The second kappa shape index (κ2) is 6.58. The Kier molecular flexibility index (Phi) is 4.13. The van der Waals surface area contributed by atoms with Gasteiger partial charge in [0.25, 0.3) is 5.91 Å². The molecule has 0 radical (unpaired) electrons. The Morgan fingerprint density at radius 3 is 3.12 bits per heavy atom. The van der Waals surface area contributed by atoms with E-state index in [1.165, 1.54) is 0 Å². The molecule has 1 saturated heterocycles. The number of hydrogen-bond acceptors (Lipinski definition) is 4. The van der Waals surface area contributed by atoms with Crippen molar-refractivity contribution >= 4 is 5.91 Å². The van der Waals surface area contributed by atoms with Gasteiger partial charge in [-0.05, 0) is 37.8 Å². The lowest BCUT2D eigenvalue weighted by molar-refractivity contribution is 0.0656. The summed E-state index contributed by atoms with van der Waals surface area (Å²) in [6.07, 6.45) is 7.71. The van der Waals surface area contributed by atoms with E-state index in [1.54, 1.807) is 12.3 Å². The van der Waals surface area contributed by atoms with Crippen molar-refractivity contribution in [1.29, 1.82) is 0 Å². The normalized spacial score (nSPS) is 17.8. The van der Waals surface area contributed by atoms with Crippen molar-refractivity contribution in [2.24, 2.45) is 5.92 Å². The maximum atomic E-state index is 12.8. The number of imidazole rings is 1. The van der Waals surface area contributed by atoms with E-state index in [9.17, 15) is 4.79 Å². The average molecular weight is 339 g/mol. The summed E-state index contributed by atoms with van der Waals surface area (Å²) in [5, 5.41) is 7.09. The van der Waals surface area contributed by atoms with Gasteiger partial charge in [0, 0.05) is 38.1 Å². The summed E-state index contributed by atoms with van der Waals surface area (Å²) in [5.74, 6) is 1.94. The van der Waals surface area contributed by atoms with Crippen LogP contribution in [0.3, 0.4) is 0 Å². The standard InChI is InChI=1S/C18H21N5O2/c1-13-4-5-17(25-13)15-9-16(21-20-15)18(24)23-7-2-3-14(11-23)10-22-8-6-19-12-22/h4-6,8-9,12,14H,2-3,7,10-11H2,1H3,(H,20,21)/t14-/m1/s1. The van der Waals surface area contributed by atoms with Crippen LogP contribution in [0.1, 0.15) is 29.1 Å². The van der Waals surface area contributed by atoms with Gasteiger partial charge in [0.1, 0.15) is 11.5 Å². The van der Waals surface area contributed by atoms with Gasteiger partial charge in [-0.15, -0.1) is 0 Å². The molecule has 1 atom stereocenters. The second-order valence-corrected chi connectivity index (χ2v) is 6.60. The molecular weight excluding hydrogens is 318 g/mol. The monoisotopic (exact) mass is 339 g/mol. The highest BCUT2D eigenvalue weighted by Gasteiger charge is 2.26. The molecule has 0 bridgehead atoms. The van der Waals surface area contributed by atoms with Gasteiger partial charge in [-0.25, -0.2) is 4.98 Å². The topological polar surface area (TPSA) is 80.0 Å². The number of furan rings is 1. The number of amides is 1. The lowest BCUT2D eigenvalue weighted by Gasteiger charge is -2.32. The number of carbonyl (C=O) groups excluding carboxylic acids is 1. The summed E-state index contributed by atoms with van der Waals surface area (Å²) >= 11 is 0. The molecule has 3 aromatic heterocycles. The molecule has 130 valence electrons. The van der Waals surface area contributed by atoms with Crippen molar-refractivity contribution < 1.29 is 9.21 Å². The highest BCUT2D eigenvalue weighted by atomic mass is 16.3. The molecule has 0 spiro atoms. The summed E-state index contributed by atoms with van der Waals surface area (Å²) in [6.45, 7) is 4.31. The van der Waals surface area contributed by atoms with Gasteiger partial charge < -0.3 is 13.9 Å². The predicted molar refractivity (Wildman–Crippen MR) is 91.9 cm³/mol. The fourth-order valence-corrected chi connectivity index (χ4v) is 3.39. The van der Waals surface area contributed by atoms with Crippen molar-refractivity contribution in [2.75, 3.05) is 13.1 Å². The first-order valence-electron chi connectivity index (χ1n) is 8.56. The summed E-state index contributed by atoms with van der Waals surface area (Å²) in [4.78, 5) is 18.8. The van der Waals surface area contributed by atoms with Crippen LogP contribution in [-0.4, -0.2) is 43.6 Å². The molecule has 1 aliphatic rings. The van der Waals surface area contributed by atoms with Gasteiger partial charge in [0.2, 0.25) is 0 Å². The first-order chi connectivity index (χ1) is 12.2. The number of rotatable bonds is 4. The van der Waals surface area contributed by atoms with Crippen LogP contribution in [0.25, 0.3) is 11.5 Å². The first kappa shape index (κ1) is 15.7. The van der Waals surface area contributed by atoms with E-state index in [0.29, 0.717) is 17.4 Å². The number of nitrogens with one attached hydrogen (secondary N) is 1. The molecule has 4 rings (SSSR count). The second-order valence-electron chi connectivity index (χ2n) is 6.60. The lowest BCUT2D eigenvalue weighted by atomic mass is 9.97. The van der Waals surface area contributed by atoms with Crippen LogP contribution in [0.4, 0.5) is 0 Å². The molecule has 0 saturated carbocycles. The van der Waals surface area contributed by atoms with Gasteiger partial charge in [0.05, 0.1) is 6.33 Å². The molecule has 0 unspecified atom stereocenters. The molecule has 25 heavy (non-hydrogen) atoms. The number of aromatic nitrogens is 4. The largest absolute Gasteiger partial charge is 0.460 e. The molecule has 7 nitrogen and oxygen atoms in total. The smallest absolute Gasteiger partial charge is 0.274 e. The van der Waals surface area contributed by atoms with Crippen molar-refractivity contribution in [3.05, 3.63) is 48.4 Å². The number of aryl methyl sites for hydroxylation is 1. The Balaban J connectivity index is 1.44. The van der Waals surface area contributed by atoms with Crippen LogP contribution in [0.2, 0.25) is 0 Å². The van der Waals surface area contributed by atoms with E-state index >= 15 is 0 Å². The zero-order chi connectivity index (χ0) is 17.2. The molecule has 1 N–H and O–H groups in total. The fourth-order valence-electron chi connectivity index (χ4n) is 3.39. The summed E-state index contributed by atoms with van der Waals surface area (Å²) in [6, 6.07) is 5.53. The number of nitrogens with zero attached hydrogens (tertiary/aromatic N) is 4. The van der Waals surface area contributed by atoms with E-state index in [4.69, 9.17) is 4.42 Å². The first-order valence-corrected chi connectivity index (χ1v) is 8.56. The van der Waals surface area contributed by atoms with Crippen LogP contribution < -0.4 is 0 Å². The molecule has 1 fully saturated rings. The predicted octanol–water partition coefficient (Wildman–Crippen LogP) is 2.73. The van der Waals surface area contributed by atoms with E-state index in [2.05, 4.69) is 19.7 Å². The molecule has 7 heteroatoms. The molecule has 3 aromatic rings. The zero-order valence-corrected chi connectivity index (χ0v) is 14.2. The number of carbonyl (C=O) groups is 1. The summed E-state index contributed by atoms with van der Waals surface area (Å²) in [5.41, 5.74) is 1.16. The van der Waals surface area contributed by atoms with Crippen LogP contribution in [-0.2, 0) is 6.54 Å². The minimum absolute atomic E-state index is 0.0268. The molecule has 0 aromatic carbocycles. The van der Waals surface area contributed by atoms with Crippen LogP contribution >= 0.6 is 0 Å². The van der Waals surface area contributed by atoms with E-state index in [-0.39, 0.29) is 5.91 Å². The molecule has 1 aliphatic heterocycles. The van der Waals surface area contributed by atoms with E-state index in [0.717, 1.165) is 43.9 Å². The molecular formula is C18H21N5O2. The Morgan fingerprint density at radius 2 is 2.36 bits per heavy atom. The molecule has 0 aliphatic carbocycles. The van der Waals surface area contributed by atoms with E-state index in [1.807, 2.05) is 36.5 Å². The quantitative estimate of drug-likeness (QED) is 0.792. The minimum atomic E-state index is -0.0268. The summed E-state index contributed by atoms with van der Waals surface area (Å²) in [7, 11) is 0. The third-order valence-electron chi connectivity index (χ3n) is 4.64. The maximum Gasteiger partial charge on any atom is 0.274 e. The maximum absolute atomic E-state index is 12.8. The number of H-pyrrole nitrogens is 1. The van der Waals surface area contributed by atoms with Crippen LogP contribution in [0.15, 0.2) is 41.3 Å². The Bertz CT molecular complexity index is 849. The highest BCUT2D eigenvalue weighted by Crippen LogP contribution is 2.23. The number of likely N-dealkylation sites (tertiary alicyclic amines) is 1. The van der Waals surface area contributed by atoms with Crippen molar-refractivity contribution in [2.45, 2.75) is 26.3 Å². The van der Waals surface area contributed by atoms with Crippen LogP contribution in [0.5, 0.6) is 0 Å². The Hall–Kier alpha value is -2.83. The third kappa shape index (κ3) is 3.35. The third-order valence-corrected chi connectivity index (χ3v) is 4.64. The zero-order valence-electron chi connectivity index (χ0n) is 14.2. The van der Waals surface area contributed by atoms with Gasteiger partial charge in [0.15, 0.2) is 11.5 Å². The van der Waals surface area contributed by atoms with Gasteiger partial charge in [-0.2, -0.15) is 5.10 Å². The molecule has 4 heterocycles. The van der Waals surface area contributed by atoms with Gasteiger partial charge in [-0.1, -0.05) is 0 Å². The Morgan fingerprint density at radius 1 is 1.44 bits per heavy atom. The molecule has 1 amide bonds. The van der Waals surface area contributed by atoms with Crippen molar-refractivity contribution in [3.8, 4) is 11.5 Å². The number of aromatic amines is 1. The fraction of sp³-hybridized carbons (Fsp3) is 0.389. The average Bonchev–Trinajstić information content (AvgIpc) is 3.35. The Labute approximate surface area is 145 Å². The van der Waals surface area contributed by atoms with Crippen molar-refractivity contribution in [3.63, 3.8) is 0 Å². The van der Waals surface area contributed by atoms with E-state index < -0.39 is 0 Å². The minimum Gasteiger partial charge on any atom is -0.460 e. The SMILES string of the molecule is Cc1ccc(-c2cc(C(=O)N3CCC[C@H](Cn4ccnc4)C3)n[nH]2)o1. The number of hydrogen-bond donors (Lipinski definition) is 1. The van der Waals surface area contributed by atoms with Crippen molar-refractivity contribution in [1.82, 2.24) is 24.6 Å². The number of piperidine rings is 1. The lowest BCUT2D eigenvalue weighted by Crippen LogP contribution is -2.41.